The van der Waals surface area contributed by atoms with E-state index in [9.17, 15) is 9.59 Å². The van der Waals surface area contributed by atoms with Crippen LogP contribution in [0, 0.1) is 5.92 Å². The molecule has 2 aromatic carbocycles. The lowest BCUT2D eigenvalue weighted by atomic mass is 10.2. The molecule has 1 aliphatic carbocycles. The summed E-state index contributed by atoms with van der Waals surface area (Å²) in [4.78, 5) is 28.4. The van der Waals surface area contributed by atoms with Crippen molar-refractivity contribution in [3.63, 3.8) is 0 Å². The third-order valence-electron chi connectivity index (χ3n) is 6.05. The summed E-state index contributed by atoms with van der Waals surface area (Å²) in [6.45, 7) is 3.71. The van der Waals surface area contributed by atoms with Crippen molar-refractivity contribution in [1.29, 1.82) is 0 Å². The standard InChI is InChI=1S/C25H27N5O3S/c1-3-13-28(15-17-11-12-17)22(31)16-34-25-27-26-24-29(18-7-6-8-19(14-18)33-2)23(32)20-9-4-5-10-21(20)30(24)25/h4-10,14,17H,3,11-13,15-16H2,1-2H3. The van der Waals surface area contributed by atoms with Crippen LogP contribution in [0.4, 0.5) is 0 Å². The van der Waals surface area contributed by atoms with Gasteiger partial charge in [-0.05, 0) is 49.4 Å². The van der Waals surface area contributed by atoms with Crippen molar-refractivity contribution in [2.75, 3.05) is 26.0 Å². The van der Waals surface area contributed by atoms with E-state index in [4.69, 9.17) is 4.74 Å². The van der Waals surface area contributed by atoms with E-state index in [1.54, 1.807) is 23.8 Å². The summed E-state index contributed by atoms with van der Waals surface area (Å²) in [5.41, 5.74) is 1.17. The Bertz CT molecular complexity index is 1410. The maximum atomic E-state index is 13.5. The lowest BCUT2D eigenvalue weighted by molar-refractivity contribution is -0.128. The summed E-state index contributed by atoms with van der Waals surface area (Å²) in [7, 11) is 1.59. The molecule has 0 saturated heterocycles. The minimum absolute atomic E-state index is 0.112. The first-order valence-electron chi connectivity index (χ1n) is 11.5. The molecule has 1 fully saturated rings. The minimum Gasteiger partial charge on any atom is -0.497 e. The average Bonchev–Trinajstić information content (AvgIpc) is 3.59. The van der Waals surface area contributed by atoms with E-state index in [1.165, 1.54) is 24.6 Å². The fraction of sp³-hybridized carbons (Fsp3) is 0.360. The van der Waals surface area contributed by atoms with Crippen LogP contribution >= 0.6 is 11.8 Å². The second-order valence-corrected chi connectivity index (χ2v) is 9.49. The number of benzene rings is 2. The van der Waals surface area contributed by atoms with Crippen LogP contribution in [0.3, 0.4) is 0 Å². The van der Waals surface area contributed by atoms with Crippen molar-refractivity contribution in [1.82, 2.24) is 24.1 Å². The zero-order chi connectivity index (χ0) is 23.7. The number of para-hydroxylation sites is 1. The summed E-state index contributed by atoms with van der Waals surface area (Å²) in [6, 6.07) is 14.7. The number of ether oxygens (including phenoxy) is 1. The molecule has 0 unspecified atom stereocenters. The lowest BCUT2D eigenvalue weighted by Gasteiger charge is -2.21. The van der Waals surface area contributed by atoms with Crippen molar-refractivity contribution in [2.45, 2.75) is 31.3 Å². The molecule has 0 N–H and O–H groups in total. The number of amides is 1. The molecule has 0 bridgehead atoms. The largest absolute Gasteiger partial charge is 0.497 e. The van der Waals surface area contributed by atoms with Crippen LogP contribution in [-0.4, -0.2) is 55.9 Å². The van der Waals surface area contributed by atoms with E-state index >= 15 is 0 Å². The van der Waals surface area contributed by atoms with Crippen LogP contribution in [0.15, 0.2) is 58.5 Å². The van der Waals surface area contributed by atoms with Gasteiger partial charge in [-0.1, -0.05) is 36.9 Å². The highest BCUT2D eigenvalue weighted by atomic mass is 32.2. The second-order valence-electron chi connectivity index (χ2n) is 8.55. The molecule has 0 aliphatic heterocycles. The van der Waals surface area contributed by atoms with Gasteiger partial charge in [-0.3, -0.25) is 14.0 Å². The Morgan fingerprint density at radius 3 is 2.76 bits per heavy atom. The molecule has 9 heteroatoms. The molecule has 34 heavy (non-hydrogen) atoms. The highest BCUT2D eigenvalue weighted by molar-refractivity contribution is 7.99. The number of hydrogen-bond acceptors (Lipinski definition) is 6. The van der Waals surface area contributed by atoms with E-state index in [-0.39, 0.29) is 17.2 Å². The highest BCUT2D eigenvalue weighted by Gasteiger charge is 2.27. The first-order valence-corrected chi connectivity index (χ1v) is 12.5. The summed E-state index contributed by atoms with van der Waals surface area (Å²) < 4.78 is 8.76. The molecular formula is C25H27N5O3S. The normalized spacial score (nSPS) is 13.5. The van der Waals surface area contributed by atoms with Crippen molar-refractivity contribution < 1.29 is 9.53 Å². The fourth-order valence-electron chi connectivity index (χ4n) is 4.17. The Morgan fingerprint density at radius 2 is 2.00 bits per heavy atom. The number of rotatable bonds is 9. The molecule has 8 nitrogen and oxygen atoms in total. The zero-order valence-corrected chi connectivity index (χ0v) is 20.1. The maximum absolute atomic E-state index is 13.5. The second kappa shape index (κ2) is 9.50. The van der Waals surface area contributed by atoms with Crippen molar-refractivity contribution in [3.8, 4) is 11.4 Å². The van der Waals surface area contributed by atoms with Gasteiger partial charge in [0.15, 0.2) is 5.16 Å². The average molecular weight is 478 g/mol. The van der Waals surface area contributed by atoms with Gasteiger partial charge in [-0.25, -0.2) is 4.57 Å². The van der Waals surface area contributed by atoms with E-state index in [0.717, 1.165) is 19.5 Å². The molecular weight excluding hydrogens is 450 g/mol. The predicted molar refractivity (Wildman–Crippen MR) is 133 cm³/mol. The molecule has 4 aromatic rings. The van der Waals surface area contributed by atoms with Gasteiger partial charge in [0.2, 0.25) is 11.7 Å². The van der Waals surface area contributed by atoms with Gasteiger partial charge < -0.3 is 9.64 Å². The van der Waals surface area contributed by atoms with Gasteiger partial charge in [-0.2, -0.15) is 0 Å². The number of methoxy groups -OCH3 is 1. The van der Waals surface area contributed by atoms with Gasteiger partial charge in [0.25, 0.3) is 5.56 Å². The fourth-order valence-corrected chi connectivity index (χ4v) is 5.01. The molecule has 2 aromatic heterocycles. The molecule has 0 spiro atoms. The van der Waals surface area contributed by atoms with Crippen molar-refractivity contribution in [3.05, 3.63) is 58.9 Å². The Balaban J connectivity index is 1.56. The Morgan fingerprint density at radius 1 is 1.18 bits per heavy atom. The molecule has 0 radical (unpaired) electrons. The van der Waals surface area contributed by atoms with Gasteiger partial charge in [0.1, 0.15) is 5.75 Å². The Hall–Kier alpha value is -3.33. The van der Waals surface area contributed by atoms with Crippen LogP contribution in [0.2, 0.25) is 0 Å². The monoisotopic (exact) mass is 477 g/mol. The van der Waals surface area contributed by atoms with Gasteiger partial charge in [0.05, 0.1) is 29.5 Å². The number of carbonyl (C=O) groups excluding carboxylic acids is 1. The zero-order valence-electron chi connectivity index (χ0n) is 19.3. The smallest absolute Gasteiger partial charge is 0.267 e. The van der Waals surface area contributed by atoms with E-state index in [0.29, 0.717) is 39.2 Å². The van der Waals surface area contributed by atoms with Crippen LogP contribution in [0.25, 0.3) is 22.4 Å². The topological polar surface area (TPSA) is 81.7 Å². The molecule has 5 rings (SSSR count). The van der Waals surface area contributed by atoms with E-state index in [1.807, 2.05) is 45.7 Å². The summed E-state index contributed by atoms with van der Waals surface area (Å²) in [6.07, 6.45) is 3.36. The van der Waals surface area contributed by atoms with Crippen LogP contribution < -0.4 is 10.3 Å². The van der Waals surface area contributed by atoms with Crippen molar-refractivity contribution in [2.24, 2.45) is 5.92 Å². The van der Waals surface area contributed by atoms with Crippen molar-refractivity contribution >= 4 is 34.3 Å². The van der Waals surface area contributed by atoms with Gasteiger partial charge >= 0.3 is 0 Å². The first-order chi connectivity index (χ1) is 16.6. The number of aromatic nitrogens is 4. The lowest BCUT2D eigenvalue weighted by Crippen LogP contribution is -2.35. The number of nitrogens with zero attached hydrogens (tertiary/aromatic N) is 5. The van der Waals surface area contributed by atoms with E-state index < -0.39 is 0 Å². The Labute approximate surface area is 201 Å². The van der Waals surface area contributed by atoms with Crippen LogP contribution in [-0.2, 0) is 4.79 Å². The number of thioether (sulfide) groups is 1. The van der Waals surface area contributed by atoms with E-state index in [2.05, 4.69) is 17.1 Å². The van der Waals surface area contributed by atoms with Crippen LogP contribution in [0.5, 0.6) is 5.75 Å². The first kappa shape index (κ1) is 22.5. The SMILES string of the molecule is CCCN(CC1CC1)C(=O)CSc1nnc2n(-c3cccc(OC)c3)c(=O)c3ccccc3n12. The molecule has 1 aliphatic rings. The number of carbonyl (C=O) groups is 1. The van der Waals surface area contributed by atoms with Gasteiger partial charge in [-0.15, -0.1) is 10.2 Å². The third-order valence-corrected chi connectivity index (χ3v) is 6.97. The molecule has 176 valence electrons. The third kappa shape index (κ3) is 4.27. The molecule has 1 saturated carbocycles. The quantitative estimate of drug-likeness (QED) is 0.341. The number of fused-ring (bicyclic) bond motifs is 3. The summed E-state index contributed by atoms with van der Waals surface area (Å²) in [5.74, 6) is 2.08. The molecule has 0 atom stereocenters. The maximum Gasteiger partial charge on any atom is 0.267 e. The van der Waals surface area contributed by atoms with Crippen LogP contribution in [0.1, 0.15) is 26.2 Å². The summed E-state index contributed by atoms with van der Waals surface area (Å²) >= 11 is 1.36. The highest BCUT2D eigenvalue weighted by Crippen LogP contribution is 2.30. The minimum atomic E-state index is -0.185. The summed E-state index contributed by atoms with van der Waals surface area (Å²) in [5, 5.41) is 9.88. The Kier molecular flexibility index (Phi) is 6.28. The number of hydrogen-bond donors (Lipinski definition) is 0. The molecule has 1 amide bonds. The predicted octanol–water partition coefficient (Wildman–Crippen LogP) is 3.78. The van der Waals surface area contributed by atoms with Gasteiger partial charge in [0, 0.05) is 19.2 Å². The molecule has 2 heterocycles.